The number of carbonyl (C=O) groups excluding carboxylic acids is 4. The molecule has 96 heavy (non-hydrogen) atoms. The molecule has 0 spiro atoms. The second-order valence-corrected chi connectivity index (χ2v) is 26.9. The molecule has 4 aromatic rings. The summed E-state index contributed by atoms with van der Waals surface area (Å²) in [5.74, 6) is -0.162. The van der Waals surface area contributed by atoms with E-state index in [2.05, 4.69) is 43.7 Å². The maximum atomic E-state index is 15.7. The van der Waals surface area contributed by atoms with E-state index < -0.39 is 141 Å². The van der Waals surface area contributed by atoms with Crippen molar-refractivity contribution in [3.63, 3.8) is 0 Å². The van der Waals surface area contributed by atoms with E-state index in [0.29, 0.717) is 58.7 Å². The quantitative estimate of drug-likeness (QED) is 0.0460. The van der Waals surface area contributed by atoms with Crippen LogP contribution in [0.3, 0.4) is 0 Å². The van der Waals surface area contributed by atoms with Crippen LogP contribution in [0.25, 0.3) is 0 Å². The van der Waals surface area contributed by atoms with Crippen molar-refractivity contribution in [2.45, 2.75) is 156 Å². The van der Waals surface area contributed by atoms with Gasteiger partial charge in [-0.1, -0.05) is 73.2 Å². The average molecular weight is 1320 g/mol. The molecule has 16 atom stereocenters. The van der Waals surface area contributed by atoms with Crippen LogP contribution in [0.4, 0.5) is 5.69 Å². The lowest BCUT2D eigenvalue weighted by atomic mass is 9.74. The number of aliphatic hydroxyl groups excluding tert-OH is 6. The van der Waals surface area contributed by atoms with E-state index in [1.807, 2.05) is 60.5 Å². The first kappa shape index (κ1) is 67.4. The molecule has 512 valence electrons. The number of aldehydes is 1. The summed E-state index contributed by atoms with van der Waals surface area (Å²) in [5, 5.41) is 106. The first-order valence-corrected chi connectivity index (χ1v) is 33.5. The summed E-state index contributed by atoms with van der Waals surface area (Å²) < 4.78 is 35.1. The molecule has 17 N–H and O–H groups in total. The minimum absolute atomic E-state index is 0.0211. The molecule has 13 rings (SSSR count). The van der Waals surface area contributed by atoms with Crippen LogP contribution in [0.15, 0.2) is 89.8 Å². The number of hydrogen-bond donors (Lipinski definition) is 15. The van der Waals surface area contributed by atoms with Gasteiger partial charge in [-0.3, -0.25) is 30.8 Å². The lowest BCUT2D eigenvalue weighted by Crippen LogP contribution is -2.70. The Morgan fingerprint density at radius 2 is 1.75 bits per heavy atom. The van der Waals surface area contributed by atoms with Crippen molar-refractivity contribution in [3.05, 3.63) is 145 Å². The number of fused-ring (bicyclic) bond motifs is 13. The average Bonchev–Trinajstić information content (AvgIpc) is 0.862. The molecule has 25 nitrogen and oxygen atoms in total. The summed E-state index contributed by atoms with van der Waals surface area (Å²) in [5.41, 5.74) is 15.5. The van der Waals surface area contributed by atoms with Gasteiger partial charge >= 0.3 is 0 Å². The molecule has 7 heterocycles. The molecular formula is C71H87N9O16. The fourth-order valence-corrected chi connectivity index (χ4v) is 15.9. The molecular weight excluding hydrogens is 1230 g/mol. The van der Waals surface area contributed by atoms with E-state index in [-0.39, 0.29) is 103 Å². The fourth-order valence-electron chi connectivity index (χ4n) is 15.9. The van der Waals surface area contributed by atoms with Gasteiger partial charge in [-0.05, 0) is 109 Å². The lowest BCUT2D eigenvalue weighted by Gasteiger charge is -2.47. The number of nitrogens with one attached hydrogen (secondary N) is 6. The molecule has 8 bridgehead atoms. The molecule has 3 saturated heterocycles. The largest absolute Gasteiger partial charge is 0.486 e. The number of carbonyl (C=O) groups is 4. The number of ether oxygens (including phenoxy) is 5. The van der Waals surface area contributed by atoms with Crippen molar-refractivity contribution >= 4 is 29.4 Å². The molecule has 0 aromatic heterocycles. The number of dihydropyridines is 1. The molecule has 1 amide bonds. The highest BCUT2D eigenvalue weighted by Crippen LogP contribution is 2.53. The van der Waals surface area contributed by atoms with Gasteiger partial charge in [-0.25, -0.2) is 0 Å². The number of rotatable bonds is 16. The smallest absolute Gasteiger partial charge is 0.242 e. The van der Waals surface area contributed by atoms with Crippen LogP contribution in [0.5, 0.6) is 11.5 Å². The van der Waals surface area contributed by atoms with Crippen LogP contribution in [-0.2, 0) is 43.4 Å². The topological polar surface area (TPSA) is 384 Å². The van der Waals surface area contributed by atoms with E-state index >= 15 is 9.59 Å². The van der Waals surface area contributed by atoms with Gasteiger partial charge in [0.1, 0.15) is 55.5 Å². The van der Waals surface area contributed by atoms with Crippen LogP contribution < -0.4 is 57.7 Å². The minimum Gasteiger partial charge on any atom is -0.486 e. The van der Waals surface area contributed by atoms with Crippen LogP contribution in [0, 0.1) is 29.6 Å². The number of para-hydroxylation sites is 1. The Morgan fingerprint density at radius 1 is 0.927 bits per heavy atom. The van der Waals surface area contributed by atoms with Crippen LogP contribution in [0.1, 0.15) is 128 Å². The second-order valence-electron chi connectivity index (χ2n) is 26.9. The van der Waals surface area contributed by atoms with E-state index in [9.17, 15) is 45.3 Å². The summed E-state index contributed by atoms with van der Waals surface area (Å²) in [6, 6.07) is 18.8. The third-order valence-electron chi connectivity index (χ3n) is 20.8. The van der Waals surface area contributed by atoms with E-state index in [1.54, 1.807) is 12.1 Å². The Morgan fingerprint density at radius 3 is 2.54 bits per heavy atom. The summed E-state index contributed by atoms with van der Waals surface area (Å²) >= 11 is 0. The summed E-state index contributed by atoms with van der Waals surface area (Å²) in [6.07, 6.45) is -6.55. The van der Waals surface area contributed by atoms with Crippen molar-refractivity contribution in [1.82, 2.24) is 31.9 Å². The monoisotopic (exact) mass is 1320 g/mol. The number of anilines is 1. The van der Waals surface area contributed by atoms with Crippen molar-refractivity contribution in [3.8, 4) is 23.3 Å². The number of nitrogens with zero attached hydrogens (tertiary/aromatic N) is 1. The van der Waals surface area contributed by atoms with Crippen LogP contribution in [0.2, 0.25) is 0 Å². The Labute approximate surface area is 556 Å². The van der Waals surface area contributed by atoms with Gasteiger partial charge in [0.2, 0.25) is 12.2 Å². The molecule has 7 aliphatic heterocycles. The third kappa shape index (κ3) is 13.0. The maximum absolute atomic E-state index is 15.7. The van der Waals surface area contributed by atoms with Crippen molar-refractivity contribution in [1.29, 1.82) is 0 Å². The maximum Gasteiger partial charge on any atom is 0.242 e. The zero-order valence-corrected chi connectivity index (χ0v) is 53.6. The Kier molecular flexibility index (Phi) is 20.1. The predicted molar refractivity (Wildman–Crippen MR) is 349 cm³/mol. The highest BCUT2D eigenvalue weighted by molar-refractivity contribution is 6.29. The van der Waals surface area contributed by atoms with Gasteiger partial charge in [0.25, 0.3) is 0 Å². The third-order valence-corrected chi connectivity index (χ3v) is 20.8. The van der Waals surface area contributed by atoms with Crippen molar-refractivity contribution in [2.24, 2.45) is 29.2 Å². The summed E-state index contributed by atoms with van der Waals surface area (Å²) in [6.45, 7) is -1.30. The summed E-state index contributed by atoms with van der Waals surface area (Å²) in [4.78, 5) is 58.9. The van der Waals surface area contributed by atoms with Gasteiger partial charge in [0, 0.05) is 90.0 Å². The SMILES string of the molecule is CNCc1cc2cc(c1)C(CCO)C(O)C(C1=CCNC(N)=C1CNC1CCCC1)COC1C3Oc4c(cc5c(c4OCC(O)CC=O)C(=O)c4cc(CO)ccc4C5=O)C(c4ccccc4N4CNC5C(=O)NC(N)NC54)C4CCC(O)C(C#CC(O)(C(COC4)O3)C1O)C2. The molecule has 2 aliphatic carbocycles. The van der Waals surface area contributed by atoms with Crippen LogP contribution in [-0.4, -0.2) is 192 Å². The van der Waals surface area contributed by atoms with Gasteiger partial charge in [0.05, 0.1) is 62.9 Å². The highest BCUT2D eigenvalue weighted by atomic mass is 16.7. The molecule has 25 heteroatoms. The van der Waals surface area contributed by atoms with Crippen molar-refractivity contribution < 1.29 is 78.6 Å². The van der Waals surface area contributed by atoms with Crippen LogP contribution >= 0.6 is 0 Å². The zero-order valence-electron chi connectivity index (χ0n) is 53.6. The fraction of sp³-hybridized carbons (Fsp3) is 0.521. The molecule has 9 aliphatic rings. The molecule has 16 unspecified atom stereocenters. The van der Waals surface area contributed by atoms with E-state index in [0.717, 1.165) is 36.8 Å². The molecule has 4 fully saturated rings. The number of benzene rings is 4. The number of nitrogens with two attached hydrogens (primary N) is 2. The van der Waals surface area contributed by atoms with Gasteiger partial charge < -0.3 is 96.1 Å². The minimum atomic E-state index is -2.58. The molecule has 4 aromatic carbocycles. The summed E-state index contributed by atoms with van der Waals surface area (Å²) in [7, 11) is 1.82. The Hall–Kier alpha value is -7.20. The van der Waals surface area contributed by atoms with Gasteiger partial charge in [-0.2, -0.15) is 0 Å². The highest BCUT2D eigenvalue weighted by Gasteiger charge is 2.58. The standard InChI is InChI=1S/C71H87N9O16/c1-74-28-38-22-37-23-39-14-18-71(91)55-34-92-31-40(11-13-54(39)85)56(47-8-4-5-9-53(47)80-35-77-58-67(80)78-70(73)79-68(58)90)50-27-49-57(61(88)48-26-36(30-83)10-12-46(48)60(49)87)63(93-32-43(84)16-20-81)62(50)96-69(95-55)64(65(71)89)94-33-52(59(86)44(17-21-82)41(24-37)25-38)45-15-19-75-66(72)51(45)29-76-42-6-2-3-7-42/h4-5,8-10,12,15,20,22,24-27,39-40,42-44,52,54-56,58-59,64-65,67,69-70,74-78,82-86,89,91H,2-3,6-7,11,13,16-17,19,21,23,28-35,72-73H2,1H3,(H,79,90). The number of ketones is 2. The Bertz CT molecular complexity index is 3740. The molecule has 1 saturated carbocycles. The normalized spacial score (nSPS) is 31.6. The first-order chi connectivity index (χ1) is 46.5. The second kappa shape index (κ2) is 28.7. The number of aliphatic hydroxyl groups is 7. The first-order valence-electron chi connectivity index (χ1n) is 33.5. The van der Waals surface area contributed by atoms with Gasteiger partial charge in [-0.15, -0.1) is 0 Å². The van der Waals surface area contributed by atoms with Crippen molar-refractivity contribution in [2.75, 3.05) is 64.7 Å². The molecule has 0 radical (unpaired) electrons. The number of amides is 1. The van der Waals surface area contributed by atoms with E-state index in [4.69, 9.17) is 35.2 Å². The Balaban J connectivity index is 1.07. The number of hydrogen-bond acceptors (Lipinski definition) is 24. The lowest BCUT2D eigenvalue weighted by molar-refractivity contribution is -0.310. The predicted octanol–water partition coefficient (Wildman–Crippen LogP) is 0.0909. The van der Waals surface area contributed by atoms with Gasteiger partial charge in [0.15, 0.2) is 28.7 Å². The zero-order chi connectivity index (χ0) is 67.1. The van der Waals surface area contributed by atoms with E-state index in [1.165, 1.54) is 12.1 Å².